The molecule has 0 aromatic heterocycles. The molecule has 2 rings (SSSR count). The van der Waals surface area contributed by atoms with Crippen LogP contribution in [0.15, 0.2) is 24.3 Å². The van der Waals surface area contributed by atoms with Crippen LogP contribution >= 0.6 is 0 Å². The molecule has 0 spiro atoms. The van der Waals surface area contributed by atoms with Gasteiger partial charge in [-0.25, -0.2) is 0 Å². The average molecular weight is 221 g/mol. The molecule has 0 radical (unpaired) electrons. The fourth-order valence-electron chi connectivity index (χ4n) is 2.23. The first-order chi connectivity index (χ1) is 7.74. The molecule has 3 N–H and O–H groups in total. The molecule has 0 bridgehead atoms. The van der Waals surface area contributed by atoms with Gasteiger partial charge in [-0.15, -0.1) is 0 Å². The van der Waals surface area contributed by atoms with Crippen molar-refractivity contribution in [3.8, 4) is 5.75 Å². The number of hydrogen-bond donors (Lipinski definition) is 3. The molecule has 3 heteroatoms. The van der Waals surface area contributed by atoms with Gasteiger partial charge in [0.25, 0.3) is 0 Å². The number of aromatic hydroxyl groups is 1. The van der Waals surface area contributed by atoms with Gasteiger partial charge in [0.15, 0.2) is 0 Å². The van der Waals surface area contributed by atoms with E-state index in [0.717, 1.165) is 37.8 Å². The topological polar surface area (TPSA) is 52.5 Å². The minimum atomic E-state index is -0.133. The summed E-state index contributed by atoms with van der Waals surface area (Å²) in [5.74, 6) is 0.303. The first-order valence-electron chi connectivity index (χ1n) is 5.93. The fraction of sp³-hybridized carbons (Fsp3) is 0.538. The number of phenolic OH excluding ortho intramolecular Hbond substituents is 1. The molecule has 16 heavy (non-hydrogen) atoms. The van der Waals surface area contributed by atoms with Crippen LogP contribution in [0.3, 0.4) is 0 Å². The third kappa shape index (κ3) is 3.22. The van der Waals surface area contributed by atoms with Crippen molar-refractivity contribution in [3.63, 3.8) is 0 Å². The van der Waals surface area contributed by atoms with Gasteiger partial charge < -0.3 is 15.5 Å². The standard InChI is InChI=1S/C13H19NO2/c15-12-6-4-10(5-7-12)9-14-11-2-1-3-13(16)8-11/h4-7,11,13-16H,1-3,8-9H2/t11-,13-/m0/s1. The number of hydrogen-bond acceptors (Lipinski definition) is 3. The Morgan fingerprint density at radius 1 is 1.19 bits per heavy atom. The van der Waals surface area contributed by atoms with E-state index in [-0.39, 0.29) is 6.10 Å². The van der Waals surface area contributed by atoms with Gasteiger partial charge in [-0.1, -0.05) is 12.1 Å². The molecule has 0 unspecified atom stereocenters. The van der Waals surface area contributed by atoms with Crippen molar-refractivity contribution in [2.45, 2.75) is 44.4 Å². The maximum absolute atomic E-state index is 9.54. The van der Waals surface area contributed by atoms with Crippen LogP contribution in [-0.2, 0) is 6.54 Å². The van der Waals surface area contributed by atoms with Crippen molar-refractivity contribution < 1.29 is 10.2 Å². The number of nitrogens with one attached hydrogen (secondary N) is 1. The summed E-state index contributed by atoms with van der Waals surface area (Å²) in [5.41, 5.74) is 1.16. The summed E-state index contributed by atoms with van der Waals surface area (Å²) in [7, 11) is 0. The quantitative estimate of drug-likeness (QED) is 0.729. The molecule has 0 aliphatic heterocycles. The largest absolute Gasteiger partial charge is 0.508 e. The lowest BCUT2D eigenvalue weighted by Gasteiger charge is -2.26. The van der Waals surface area contributed by atoms with Crippen LogP contribution in [-0.4, -0.2) is 22.4 Å². The Kier molecular flexibility index (Phi) is 3.80. The second-order valence-corrected chi connectivity index (χ2v) is 4.56. The van der Waals surface area contributed by atoms with Gasteiger partial charge in [-0.05, 0) is 43.4 Å². The van der Waals surface area contributed by atoms with Crippen LogP contribution in [0.25, 0.3) is 0 Å². The average Bonchev–Trinajstić information content (AvgIpc) is 2.28. The molecular weight excluding hydrogens is 202 g/mol. The molecule has 1 aliphatic rings. The highest BCUT2D eigenvalue weighted by molar-refractivity contribution is 5.25. The normalized spacial score (nSPS) is 25.6. The highest BCUT2D eigenvalue weighted by Crippen LogP contribution is 2.19. The maximum Gasteiger partial charge on any atom is 0.115 e. The van der Waals surface area contributed by atoms with Gasteiger partial charge in [0.2, 0.25) is 0 Å². The zero-order valence-corrected chi connectivity index (χ0v) is 9.39. The van der Waals surface area contributed by atoms with Gasteiger partial charge >= 0.3 is 0 Å². The van der Waals surface area contributed by atoms with Crippen molar-refractivity contribution in [2.75, 3.05) is 0 Å². The Morgan fingerprint density at radius 2 is 1.94 bits per heavy atom. The predicted molar refractivity (Wildman–Crippen MR) is 63.2 cm³/mol. The van der Waals surface area contributed by atoms with E-state index in [4.69, 9.17) is 5.11 Å². The Labute approximate surface area is 96.1 Å². The Hall–Kier alpha value is -1.06. The van der Waals surface area contributed by atoms with E-state index in [9.17, 15) is 5.11 Å². The number of phenols is 1. The molecule has 1 aliphatic carbocycles. The van der Waals surface area contributed by atoms with Crippen molar-refractivity contribution >= 4 is 0 Å². The smallest absolute Gasteiger partial charge is 0.115 e. The van der Waals surface area contributed by atoms with E-state index in [1.807, 2.05) is 12.1 Å². The van der Waals surface area contributed by atoms with E-state index >= 15 is 0 Å². The number of benzene rings is 1. The highest BCUT2D eigenvalue weighted by Gasteiger charge is 2.19. The van der Waals surface area contributed by atoms with Crippen molar-refractivity contribution in [1.29, 1.82) is 0 Å². The zero-order valence-electron chi connectivity index (χ0n) is 9.39. The molecule has 88 valence electrons. The number of aliphatic hydroxyl groups is 1. The summed E-state index contributed by atoms with van der Waals surface area (Å²) in [4.78, 5) is 0. The van der Waals surface area contributed by atoms with E-state index in [1.54, 1.807) is 12.1 Å². The van der Waals surface area contributed by atoms with Gasteiger partial charge in [-0.3, -0.25) is 0 Å². The first-order valence-corrected chi connectivity index (χ1v) is 5.93. The summed E-state index contributed by atoms with van der Waals surface area (Å²) in [6.45, 7) is 0.803. The minimum Gasteiger partial charge on any atom is -0.508 e. The summed E-state index contributed by atoms with van der Waals surface area (Å²) in [6, 6.07) is 7.67. The third-order valence-electron chi connectivity index (χ3n) is 3.18. The van der Waals surface area contributed by atoms with Crippen LogP contribution in [0, 0.1) is 0 Å². The molecule has 0 amide bonds. The van der Waals surface area contributed by atoms with Gasteiger partial charge in [0.1, 0.15) is 5.75 Å². The lowest BCUT2D eigenvalue weighted by Crippen LogP contribution is -2.35. The monoisotopic (exact) mass is 221 g/mol. The SMILES string of the molecule is Oc1ccc(CN[C@H]2CCC[C@H](O)C2)cc1. The van der Waals surface area contributed by atoms with Crippen LogP contribution in [0.5, 0.6) is 5.75 Å². The molecular formula is C13H19NO2. The second kappa shape index (κ2) is 5.32. The highest BCUT2D eigenvalue weighted by atomic mass is 16.3. The van der Waals surface area contributed by atoms with Crippen molar-refractivity contribution in [2.24, 2.45) is 0 Å². The molecule has 1 saturated carbocycles. The summed E-state index contributed by atoms with van der Waals surface area (Å²) in [5, 5.41) is 22.1. The molecule has 2 atom stereocenters. The molecule has 0 heterocycles. The van der Waals surface area contributed by atoms with Crippen LogP contribution < -0.4 is 5.32 Å². The van der Waals surface area contributed by atoms with E-state index < -0.39 is 0 Å². The van der Waals surface area contributed by atoms with Gasteiger partial charge in [0, 0.05) is 12.6 Å². The maximum atomic E-state index is 9.54. The fourth-order valence-corrected chi connectivity index (χ4v) is 2.23. The predicted octanol–water partition coefficient (Wildman–Crippen LogP) is 1.79. The van der Waals surface area contributed by atoms with Crippen LogP contribution in [0.1, 0.15) is 31.2 Å². The van der Waals surface area contributed by atoms with E-state index in [0.29, 0.717) is 11.8 Å². The third-order valence-corrected chi connectivity index (χ3v) is 3.18. The lowest BCUT2D eigenvalue weighted by molar-refractivity contribution is 0.111. The lowest BCUT2D eigenvalue weighted by atomic mass is 9.93. The van der Waals surface area contributed by atoms with Crippen molar-refractivity contribution in [1.82, 2.24) is 5.32 Å². The van der Waals surface area contributed by atoms with Crippen LogP contribution in [0.2, 0.25) is 0 Å². The zero-order chi connectivity index (χ0) is 11.4. The summed E-state index contributed by atoms with van der Waals surface area (Å²) in [6.07, 6.45) is 3.92. The van der Waals surface area contributed by atoms with Crippen LogP contribution in [0.4, 0.5) is 0 Å². The summed E-state index contributed by atoms with van der Waals surface area (Å²) < 4.78 is 0. The Morgan fingerprint density at radius 3 is 2.62 bits per heavy atom. The minimum absolute atomic E-state index is 0.133. The van der Waals surface area contributed by atoms with Gasteiger partial charge in [-0.2, -0.15) is 0 Å². The van der Waals surface area contributed by atoms with Gasteiger partial charge in [0.05, 0.1) is 6.10 Å². The first kappa shape index (κ1) is 11.4. The number of rotatable bonds is 3. The Balaban J connectivity index is 1.80. The molecule has 3 nitrogen and oxygen atoms in total. The molecule has 1 fully saturated rings. The molecule has 0 saturated heterocycles. The van der Waals surface area contributed by atoms with Crippen molar-refractivity contribution in [3.05, 3.63) is 29.8 Å². The Bertz CT molecular complexity index is 323. The summed E-state index contributed by atoms with van der Waals surface area (Å²) >= 11 is 0. The number of aliphatic hydroxyl groups excluding tert-OH is 1. The second-order valence-electron chi connectivity index (χ2n) is 4.56. The molecule has 1 aromatic rings. The molecule has 1 aromatic carbocycles. The van der Waals surface area contributed by atoms with E-state index in [1.165, 1.54) is 0 Å². The van der Waals surface area contributed by atoms with E-state index in [2.05, 4.69) is 5.32 Å².